The van der Waals surface area contributed by atoms with Gasteiger partial charge in [0.2, 0.25) is 11.8 Å². The second kappa shape index (κ2) is 5.66. The van der Waals surface area contributed by atoms with E-state index in [2.05, 4.69) is 5.32 Å². The van der Waals surface area contributed by atoms with Gasteiger partial charge < -0.3 is 11.1 Å². The normalized spacial score (nSPS) is 23.1. The number of hydrogen-bond acceptors (Lipinski definition) is 2. The number of hydrogen-bond donors (Lipinski definition) is 2. The molecule has 0 aliphatic heterocycles. The molecule has 0 spiro atoms. The van der Waals surface area contributed by atoms with Crippen molar-refractivity contribution in [3.63, 3.8) is 0 Å². The summed E-state index contributed by atoms with van der Waals surface area (Å²) < 4.78 is 0. The summed E-state index contributed by atoms with van der Waals surface area (Å²) in [5, 5.41) is 2.84. The van der Waals surface area contributed by atoms with Crippen molar-refractivity contribution >= 4 is 11.8 Å². The van der Waals surface area contributed by atoms with Gasteiger partial charge in [0.1, 0.15) is 0 Å². The van der Waals surface area contributed by atoms with Crippen molar-refractivity contribution in [3.8, 4) is 0 Å². The van der Waals surface area contributed by atoms with E-state index in [1.54, 1.807) is 0 Å². The maximum Gasteiger partial charge on any atom is 0.227 e. The van der Waals surface area contributed by atoms with Gasteiger partial charge in [0.15, 0.2) is 0 Å². The predicted molar refractivity (Wildman–Crippen MR) is 67.1 cm³/mol. The number of primary amides is 1. The van der Waals surface area contributed by atoms with Crippen LogP contribution < -0.4 is 11.1 Å². The minimum absolute atomic E-state index is 0.0602. The molecule has 4 heteroatoms. The van der Waals surface area contributed by atoms with E-state index in [0.29, 0.717) is 19.4 Å². The summed E-state index contributed by atoms with van der Waals surface area (Å²) >= 11 is 0. The van der Waals surface area contributed by atoms with Crippen LogP contribution in [0.3, 0.4) is 0 Å². The van der Waals surface area contributed by atoms with Crippen LogP contribution in [0.5, 0.6) is 0 Å². The van der Waals surface area contributed by atoms with E-state index in [4.69, 9.17) is 5.73 Å². The molecule has 17 heavy (non-hydrogen) atoms. The van der Waals surface area contributed by atoms with E-state index in [1.807, 2.05) is 32.1 Å². The van der Waals surface area contributed by atoms with Crippen molar-refractivity contribution in [1.82, 2.24) is 5.32 Å². The van der Waals surface area contributed by atoms with Gasteiger partial charge in [-0.15, -0.1) is 0 Å². The molecular formula is C13H20N2O2. The van der Waals surface area contributed by atoms with E-state index in [9.17, 15) is 9.59 Å². The smallest absolute Gasteiger partial charge is 0.227 e. The highest BCUT2D eigenvalue weighted by atomic mass is 16.2. The molecule has 3 N–H and O–H groups in total. The lowest BCUT2D eigenvalue weighted by Crippen LogP contribution is -2.34. The van der Waals surface area contributed by atoms with Gasteiger partial charge in [-0.2, -0.15) is 0 Å². The van der Waals surface area contributed by atoms with Crippen molar-refractivity contribution in [2.24, 2.45) is 11.1 Å². The molecule has 0 heterocycles. The number of rotatable bonds is 5. The standard InChI is InChI=1S/C13H20N2O2/c1-3-4-11(16)15-9-10-5-7-13(2,8-6-10)12(14)17/h5-7H,3-4,8-9H2,1-2H3,(H2,14,17)(H,15,16). The molecule has 2 amide bonds. The van der Waals surface area contributed by atoms with E-state index in [0.717, 1.165) is 12.0 Å². The highest BCUT2D eigenvalue weighted by Crippen LogP contribution is 2.28. The van der Waals surface area contributed by atoms with Crippen LogP contribution in [0, 0.1) is 5.41 Å². The zero-order valence-corrected chi connectivity index (χ0v) is 10.5. The highest BCUT2D eigenvalue weighted by Gasteiger charge is 2.28. The Morgan fingerprint density at radius 3 is 2.71 bits per heavy atom. The molecule has 1 aliphatic rings. The lowest BCUT2D eigenvalue weighted by molar-refractivity contribution is -0.124. The lowest BCUT2D eigenvalue weighted by atomic mass is 9.81. The van der Waals surface area contributed by atoms with Gasteiger partial charge in [0.05, 0.1) is 5.41 Å². The van der Waals surface area contributed by atoms with Crippen molar-refractivity contribution in [2.45, 2.75) is 33.1 Å². The summed E-state index contributed by atoms with van der Waals surface area (Å²) in [5.41, 5.74) is 5.75. The van der Waals surface area contributed by atoms with Crippen LogP contribution in [0.25, 0.3) is 0 Å². The zero-order chi connectivity index (χ0) is 12.9. The van der Waals surface area contributed by atoms with Crippen LogP contribution in [-0.4, -0.2) is 18.4 Å². The van der Waals surface area contributed by atoms with Gasteiger partial charge in [-0.05, 0) is 25.3 Å². The van der Waals surface area contributed by atoms with Crippen LogP contribution in [0.2, 0.25) is 0 Å². The Labute approximate surface area is 102 Å². The average Bonchev–Trinajstić information content (AvgIpc) is 2.28. The summed E-state index contributed by atoms with van der Waals surface area (Å²) in [6, 6.07) is 0. The van der Waals surface area contributed by atoms with Crippen molar-refractivity contribution in [1.29, 1.82) is 0 Å². The summed E-state index contributed by atoms with van der Waals surface area (Å²) in [6.07, 6.45) is 7.63. The maximum atomic E-state index is 11.3. The first-order chi connectivity index (χ1) is 7.98. The largest absolute Gasteiger partial charge is 0.369 e. The van der Waals surface area contributed by atoms with Gasteiger partial charge in [0, 0.05) is 13.0 Å². The Kier molecular flexibility index (Phi) is 4.49. The molecule has 0 bridgehead atoms. The molecule has 1 atom stereocenters. The third-order valence-corrected chi connectivity index (χ3v) is 2.98. The van der Waals surface area contributed by atoms with Gasteiger partial charge in [0.25, 0.3) is 0 Å². The second-order valence-electron chi connectivity index (χ2n) is 4.62. The van der Waals surface area contributed by atoms with E-state index in [-0.39, 0.29) is 11.8 Å². The minimum Gasteiger partial charge on any atom is -0.369 e. The Hall–Kier alpha value is -1.58. The summed E-state index contributed by atoms with van der Waals surface area (Å²) in [7, 11) is 0. The molecular weight excluding hydrogens is 216 g/mol. The van der Waals surface area contributed by atoms with Crippen LogP contribution in [0.4, 0.5) is 0 Å². The van der Waals surface area contributed by atoms with E-state index < -0.39 is 5.41 Å². The quantitative estimate of drug-likeness (QED) is 0.754. The third kappa shape index (κ3) is 3.73. The molecule has 0 saturated heterocycles. The van der Waals surface area contributed by atoms with Crippen LogP contribution in [-0.2, 0) is 9.59 Å². The molecule has 0 saturated carbocycles. The molecule has 0 radical (unpaired) electrons. The fourth-order valence-corrected chi connectivity index (χ4v) is 1.60. The van der Waals surface area contributed by atoms with Crippen LogP contribution in [0.1, 0.15) is 33.1 Å². The maximum absolute atomic E-state index is 11.3. The van der Waals surface area contributed by atoms with Crippen molar-refractivity contribution in [2.75, 3.05) is 6.54 Å². The number of carbonyl (C=O) groups excluding carboxylic acids is 2. The first kappa shape index (κ1) is 13.5. The fraction of sp³-hybridized carbons (Fsp3) is 0.538. The summed E-state index contributed by atoms with van der Waals surface area (Å²) in [6.45, 7) is 4.30. The fourth-order valence-electron chi connectivity index (χ4n) is 1.60. The molecule has 0 aromatic rings. The number of allylic oxidation sites excluding steroid dienone is 1. The first-order valence-electron chi connectivity index (χ1n) is 5.93. The average molecular weight is 236 g/mol. The van der Waals surface area contributed by atoms with Gasteiger partial charge in [-0.1, -0.05) is 25.2 Å². The number of carbonyl (C=O) groups is 2. The van der Waals surface area contributed by atoms with Crippen LogP contribution >= 0.6 is 0 Å². The highest BCUT2D eigenvalue weighted by molar-refractivity contribution is 5.83. The monoisotopic (exact) mass is 236 g/mol. The minimum atomic E-state index is -0.586. The number of nitrogens with one attached hydrogen (secondary N) is 1. The zero-order valence-electron chi connectivity index (χ0n) is 10.5. The molecule has 0 aromatic heterocycles. The molecule has 1 rings (SSSR count). The Morgan fingerprint density at radius 1 is 1.53 bits per heavy atom. The summed E-state index contributed by atoms with van der Waals surface area (Å²) in [5.74, 6) is -0.260. The third-order valence-electron chi connectivity index (χ3n) is 2.98. The molecule has 0 aromatic carbocycles. The van der Waals surface area contributed by atoms with Crippen LogP contribution in [0.15, 0.2) is 23.8 Å². The second-order valence-corrected chi connectivity index (χ2v) is 4.62. The Morgan fingerprint density at radius 2 is 2.24 bits per heavy atom. The Balaban J connectivity index is 2.46. The van der Waals surface area contributed by atoms with Gasteiger partial charge in [-0.3, -0.25) is 9.59 Å². The molecule has 1 aliphatic carbocycles. The SMILES string of the molecule is CCCC(=O)NCC1=CCC(C)(C(N)=O)C=C1. The molecule has 94 valence electrons. The van der Waals surface area contributed by atoms with Crippen molar-refractivity contribution < 1.29 is 9.59 Å². The van der Waals surface area contributed by atoms with E-state index >= 15 is 0 Å². The predicted octanol–water partition coefficient (Wildman–Crippen LogP) is 1.28. The lowest BCUT2D eigenvalue weighted by Gasteiger charge is -2.24. The first-order valence-corrected chi connectivity index (χ1v) is 5.93. The number of nitrogens with two attached hydrogens (primary N) is 1. The number of amides is 2. The molecule has 0 fully saturated rings. The van der Waals surface area contributed by atoms with Gasteiger partial charge in [-0.25, -0.2) is 0 Å². The van der Waals surface area contributed by atoms with E-state index in [1.165, 1.54) is 0 Å². The summed E-state index contributed by atoms with van der Waals surface area (Å²) in [4.78, 5) is 22.5. The topological polar surface area (TPSA) is 72.2 Å². The Bertz CT molecular complexity index is 372. The molecule has 4 nitrogen and oxygen atoms in total. The molecule has 1 unspecified atom stereocenters. The van der Waals surface area contributed by atoms with Crippen molar-refractivity contribution in [3.05, 3.63) is 23.8 Å². The van der Waals surface area contributed by atoms with Gasteiger partial charge >= 0.3 is 0 Å².